The zero-order valence-corrected chi connectivity index (χ0v) is 9.69. The zero-order valence-electron chi connectivity index (χ0n) is 9.69. The Morgan fingerprint density at radius 3 is 2.76 bits per heavy atom. The molecule has 2 N–H and O–H groups in total. The third-order valence-electron chi connectivity index (χ3n) is 4.13. The number of fused-ring (bicyclic) bond motifs is 1. The summed E-state index contributed by atoms with van der Waals surface area (Å²) >= 11 is 0. The van der Waals surface area contributed by atoms with Crippen LogP contribution in [0.4, 0.5) is 11.4 Å². The van der Waals surface area contributed by atoms with Crippen LogP contribution < -0.4 is 10.6 Å². The molecule has 0 bridgehead atoms. The molecular formula is C14H15N3. The number of aromatic nitrogens is 1. The van der Waals surface area contributed by atoms with Crippen LogP contribution in [0.3, 0.4) is 0 Å². The molecule has 0 unspecified atom stereocenters. The summed E-state index contributed by atoms with van der Waals surface area (Å²) < 4.78 is 0. The lowest BCUT2D eigenvalue weighted by molar-refractivity contribution is 0.388. The number of nitrogens with two attached hydrogens (primary N) is 1. The van der Waals surface area contributed by atoms with E-state index >= 15 is 0 Å². The molecular weight excluding hydrogens is 210 g/mol. The lowest BCUT2D eigenvalue weighted by atomic mass is 9.95. The largest absolute Gasteiger partial charge is 0.397 e. The van der Waals surface area contributed by atoms with Crippen LogP contribution >= 0.6 is 0 Å². The summed E-state index contributed by atoms with van der Waals surface area (Å²) in [5.41, 5.74) is 9.64. The normalized spacial score (nSPS) is 20.6. The van der Waals surface area contributed by atoms with Crippen molar-refractivity contribution < 1.29 is 0 Å². The minimum atomic E-state index is 0.677. The maximum atomic E-state index is 5.97. The Hall–Kier alpha value is -1.77. The number of hydrogen-bond donors (Lipinski definition) is 1. The van der Waals surface area contributed by atoms with Gasteiger partial charge in [-0.3, -0.25) is 4.98 Å². The molecule has 1 aliphatic carbocycles. The highest BCUT2D eigenvalue weighted by molar-refractivity contribution is 5.99. The lowest BCUT2D eigenvalue weighted by Crippen LogP contribution is -2.48. The number of hydrogen-bond acceptors (Lipinski definition) is 3. The Kier molecular flexibility index (Phi) is 1.59. The Morgan fingerprint density at radius 2 is 2.00 bits per heavy atom. The van der Waals surface area contributed by atoms with Crippen molar-refractivity contribution in [2.75, 3.05) is 23.7 Å². The predicted molar refractivity (Wildman–Crippen MR) is 70.0 cm³/mol. The van der Waals surface area contributed by atoms with Gasteiger partial charge in [-0.2, -0.15) is 0 Å². The SMILES string of the molecule is Nc1ccc(N2CC3(CC3)C2)c2cccnc12. The minimum Gasteiger partial charge on any atom is -0.397 e. The van der Waals surface area contributed by atoms with E-state index in [0.29, 0.717) is 5.41 Å². The predicted octanol–water partition coefficient (Wildman–Crippen LogP) is 2.42. The number of nitrogens with zero attached hydrogens (tertiary/aromatic N) is 2. The molecule has 1 saturated carbocycles. The fourth-order valence-electron chi connectivity index (χ4n) is 2.88. The zero-order chi connectivity index (χ0) is 11.5. The molecule has 1 aromatic carbocycles. The summed E-state index contributed by atoms with van der Waals surface area (Å²) in [7, 11) is 0. The molecule has 1 aromatic heterocycles. The fraction of sp³-hybridized carbons (Fsp3) is 0.357. The average Bonchev–Trinajstić information content (AvgIpc) is 3.09. The van der Waals surface area contributed by atoms with Gasteiger partial charge in [-0.15, -0.1) is 0 Å². The van der Waals surface area contributed by atoms with E-state index in [0.717, 1.165) is 11.2 Å². The molecule has 2 fully saturated rings. The quantitative estimate of drug-likeness (QED) is 0.758. The molecule has 86 valence electrons. The Morgan fingerprint density at radius 1 is 1.18 bits per heavy atom. The van der Waals surface area contributed by atoms with Crippen molar-refractivity contribution in [2.24, 2.45) is 5.41 Å². The first kappa shape index (κ1) is 9.28. The van der Waals surface area contributed by atoms with Crippen LogP contribution in [-0.4, -0.2) is 18.1 Å². The number of benzene rings is 1. The summed E-state index contributed by atoms with van der Waals surface area (Å²) in [6, 6.07) is 8.21. The van der Waals surface area contributed by atoms with Gasteiger partial charge in [0.15, 0.2) is 0 Å². The van der Waals surface area contributed by atoms with Crippen molar-refractivity contribution in [1.29, 1.82) is 0 Å². The highest BCUT2D eigenvalue weighted by Gasteiger charge is 2.52. The maximum absolute atomic E-state index is 5.97. The van der Waals surface area contributed by atoms with E-state index in [4.69, 9.17) is 5.73 Å². The first-order valence-corrected chi connectivity index (χ1v) is 6.16. The number of rotatable bonds is 1. The van der Waals surface area contributed by atoms with Crippen LogP contribution in [-0.2, 0) is 0 Å². The van der Waals surface area contributed by atoms with E-state index in [1.54, 1.807) is 6.20 Å². The molecule has 4 rings (SSSR count). The second-order valence-electron chi connectivity index (χ2n) is 5.43. The van der Waals surface area contributed by atoms with Crippen LogP contribution in [0.25, 0.3) is 10.9 Å². The van der Waals surface area contributed by atoms with Gasteiger partial charge in [0.2, 0.25) is 0 Å². The van der Waals surface area contributed by atoms with E-state index in [1.807, 2.05) is 12.1 Å². The van der Waals surface area contributed by atoms with Crippen molar-refractivity contribution in [3.05, 3.63) is 30.5 Å². The second kappa shape index (κ2) is 2.92. The molecule has 1 aliphatic heterocycles. The molecule has 2 aliphatic rings. The summed E-state index contributed by atoms with van der Waals surface area (Å²) in [6.45, 7) is 2.42. The van der Waals surface area contributed by atoms with Gasteiger partial charge in [0.05, 0.1) is 11.2 Å². The third kappa shape index (κ3) is 1.25. The van der Waals surface area contributed by atoms with Crippen molar-refractivity contribution in [3.63, 3.8) is 0 Å². The molecule has 0 atom stereocenters. The monoisotopic (exact) mass is 225 g/mol. The number of anilines is 2. The Bertz CT molecular complexity index is 593. The molecule has 2 aromatic rings. The summed E-state index contributed by atoms with van der Waals surface area (Å²) in [4.78, 5) is 6.84. The first-order valence-electron chi connectivity index (χ1n) is 6.16. The van der Waals surface area contributed by atoms with Crippen molar-refractivity contribution in [2.45, 2.75) is 12.8 Å². The maximum Gasteiger partial charge on any atom is 0.0951 e. The highest BCUT2D eigenvalue weighted by Crippen LogP contribution is 2.54. The van der Waals surface area contributed by atoms with Crippen LogP contribution in [0.15, 0.2) is 30.5 Å². The highest BCUT2D eigenvalue weighted by atomic mass is 15.2. The molecule has 2 heterocycles. The molecule has 17 heavy (non-hydrogen) atoms. The van der Waals surface area contributed by atoms with Crippen molar-refractivity contribution >= 4 is 22.3 Å². The van der Waals surface area contributed by atoms with Gasteiger partial charge < -0.3 is 10.6 Å². The van der Waals surface area contributed by atoms with Crippen molar-refractivity contribution in [1.82, 2.24) is 4.98 Å². The van der Waals surface area contributed by atoms with E-state index in [2.05, 4.69) is 22.0 Å². The van der Waals surface area contributed by atoms with Crippen LogP contribution in [0.5, 0.6) is 0 Å². The first-order chi connectivity index (χ1) is 8.27. The van der Waals surface area contributed by atoms with Gasteiger partial charge in [0, 0.05) is 35.8 Å². The van der Waals surface area contributed by atoms with Crippen molar-refractivity contribution in [3.8, 4) is 0 Å². The molecule has 1 saturated heterocycles. The van der Waals surface area contributed by atoms with Gasteiger partial charge in [-0.05, 0) is 37.1 Å². The van der Waals surface area contributed by atoms with Gasteiger partial charge >= 0.3 is 0 Å². The van der Waals surface area contributed by atoms with Gasteiger partial charge in [0.1, 0.15) is 0 Å². The summed E-state index contributed by atoms with van der Waals surface area (Å²) in [5.74, 6) is 0. The smallest absolute Gasteiger partial charge is 0.0951 e. The van der Waals surface area contributed by atoms with Gasteiger partial charge in [-0.1, -0.05) is 0 Å². The average molecular weight is 225 g/mol. The molecule has 1 spiro atoms. The Balaban J connectivity index is 1.82. The lowest BCUT2D eigenvalue weighted by Gasteiger charge is -2.42. The van der Waals surface area contributed by atoms with E-state index in [-0.39, 0.29) is 0 Å². The second-order valence-corrected chi connectivity index (χ2v) is 5.43. The molecule has 0 amide bonds. The standard InChI is InChI=1S/C14H15N3/c15-11-3-4-12(10-2-1-7-16-13(10)11)17-8-14(9-17)5-6-14/h1-4,7H,5-6,8-9,15H2. The van der Waals surface area contributed by atoms with E-state index in [9.17, 15) is 0 Å². The van der Waals surface area contributed by atoms with E-state index < -0.39 is 0 Å². The fourth-order valence-corrected chi connectivity index (χ4v) is 2.88. The van der Waals surface area contributed by atoms with Gasteiger partial charge in [0.25, 0.3) is 0 Å². The third-order valence-corrected chi connectivity index (χ3v) is 4.13. The topological polar surface area (TPSA) is 42.1 Å². The summed E-state index contributed by atoms with van der Waals surface area (Å²) in [6.07, 6.45) is 4.63. The van der Waals surface area contributed by atoms with Crippen LogP contribution in [0.1, 0.15) is 12.8 Å². The molecule has 3 nitrogen and oxygen atoms in total. The minimum absolute atomic E-state index is 0.677. The molecule has 0 radical (unpaired) electrons. The Labute approximate surface area is 100 Å². The van der Waals surface area contributed by atoms with Crippen LogP contribution in [0, 0.1) is 5.41 Å². The van der Waals surface area contributed by atoms with E-state index in [1.165, 1.54) is 37.0 Å². The number of pyridine rings is 1. The number of nitrogen functional groups attached to an aromatic ring is 1. The summed E-state index contributed by atoms with van der Waals surface area (Å²) in [5, 5.41) is 1.18. The van der Waals surface area contributed by atoms with Gasteiger partial charge in [-0.25, -0.2) is 0 Å². The molecule has 3 heteroatoms. The van der Waals surface area contributed by atoms with Crippen LogP contribution in [0.2, 0.25) is 0 Å².